The zero-order valence-corrected chi connectivity index (χ0v) is 74.3. The molecule has 0 unspecified atom stereocenters. The Labute approximate surface area is 727 Å². The first-order valence-corrected chi connectivity index (χ1v) is 44.8. The molecule has 5 aliphatic rings. The number of ether oxygens (including phenoxy) is 4. The summed E-state index contributed by atoms with van der Waals surface area (Å²) < 4.78 is 25.4. The van der Waals surface area contributed by atoms with Crippen molar-refractivity contribution in [2.24, 2.45) is 0 Å². The summed E-state index contributed by atoms with van der Waals surface area (Å²) in [6, 6.07) is 71.3. The zero-order chi connectivity index (χ0) is 85.4. The Morgan fingerprint density at radius 3 is 0.950 bits per heavy atom. The molecule has 0 atom stereocenters. The minimum atomic E-state index is -0.854. The summed E-state index contributed by atoms with van der Waals surface area (Å²) in [6.07, 6.45) is 47.3. The van der Waals surface area contributed by atoms with E-state index < -0.39 is 5.79 Å². The Morgan fingerprint density at radius 1 is 0.289 bits per heavy atom. The van der Waals surface area contributed by atoms with Gasteiger partial charge in [-0.2, -0.15) is 0 Å². The third-order valence-electron chi connectivity index (χ3n) is 25.5. The van der Waals surface area contributed by atoms with Crippen molar-refractivity contribution in [3.05, 3.63) is 418 Å². The van der Waals surface area contributed by atoms with E-state index in [1.54, 1.807) is 23.3 Å². The molecule has 0 aromatic heterocycles. The van der Waals surface area contributed by atoms with E-state index in [2.05, 4.69) is 326 Å². The van der Waals surface area contributed by atoms with Crippen LogP contribution < -0.4 is 0 Å². The van der Waals surface area contributed by atoms with E-state index in [0.29, 0.717) is 13.2 Å². The molecule has 15 rings (SSSR count). The van der Waals surface area contributed by atoms with Gasteiger partial charge < -0.3 is 18.9 Å². The topological polar surface area (TPSA) is 36.9 Å². The first-order valence-electron chi connectivity index (χ1n) is 44.8. The van der Waals surface area contributed by atoms with Crippen LogP contribution in [0.15, 0.2) is 313 Å². The molecule has 0 saturated heterocycles. The first-order chi connectivity index (χ1) is 58.9. The lowest BCUT2D eigenvalue weighted by Crippen LogP contribution is -2.33. The summed E-state index contributed by atoms with van der Waals surface area (Å²) in [5.41, 5.74) is 39.3. The van der Waals surface area contributed by atoms with E-state index in [9.17, 15) is 0 Å². The summed E-state index contributed by atoms with van der Waals surface area (Å²) in [4.78, 5) is 0. The molecule has 0 aliphatic heterocycles. The van der Waals surface area contributed by atoms with E-state index in [-0.39, 0.29) is 16.2 Å². The fourth-order valence-electron chi connectivity index (χ4n) is 19.1. The van der Waals surface area contributed by atoms with Crippen LogP contribution in [0.3, 0.4) is 0 Å². The average molecular weight is 1600 g/mol. The number of benzene rings is 10. The van der Waals surface area contributed by atoms with Gasteiger partial charge in [-0.25, -0.2) is 0 Å². The predicted molar refractivity (Wildman–Crippen MR) is 518 cm³/mol. The maximum atomic E-state index is 6.65. The SMILES string of the molecule is C=C/C=C/CCCOC1(OCCC/C=C/C=C)c2cc(C)ccc2-c2ccc(C)cc21.C=CC=CCCCC1(CCCC=CC=C)c2cc(C)ccc2-c2ccc(C)cc21.C=CCCCOCCC1(CCOCCCC=C)c2cc(C)ccc2-c2ccc(C)cc21.Cc1ccc2c(c1)C(C)(c1cccc(-c3ccc4c(c3)CC4)c1)c1cc(C)ccc1-2. The minimum absolute atomic E-state index is 0.0560. The Balaban J connectivity index is 0.000000148. The van der Waals surface area contributed by atoms with Gasteiger partial charge in [-0.3, -0.25) is 0 Å². The summed E-state index contributed by atoms with van der Waals surface area (Å²) in [7, 11) is 0. The number of hydrogen-bond donors (Lipinski definition) is 0. The van der Waals surface area contributed by atoms with Crippen molar-refractivity contribution in [1.82, 2.24) is 0 Å². The van der Waals surface area contributed by atoms with Crippen LogP contribution in [-0.2, 0) is 53.8 Å². The van der Waals surface area contributed by atoms with Crippen molar-refractivity contribution in [3.63, 3.8) is 0 Å². The van der Waals surface area contributed by atoms with Crippen molar-refractivity contribution in [2.75, 3.05) is 39.6 Å². The molecular weight excluding hydrogens is 1470 g/mol. The zero-order valence-electron chi connectivity index (χ0n) is 74.3. The minimum Gasteiger partial charge on any atom is -0.381 e. The Kier molecular flexibility index (Phi) is 31.7. The number of rotatable bonds is 38. The van der Waals surface area contributed by atoms with Crippen LogP contribution in [0.4, 0.5) is 0 Å². The highest BCUT2D eigenvalue weighted by atomic mass is 16.7. The molecule has 0 amide bonds. The molecule has 0 heterocycles. The smallest absolute Gasteiger partial charge is 0.223 e. The van der Waals surface area contributed by atoms with Crippen LogP contribution in [0.5, 0.6) is 0 Å². The van der Waals surface area contributed by atoms with Gasteiger partial charge in [0.2, 0.25) is 5.79 Å². The molecule has 10 aromatic carbocycles. The lowest BCUT2D eigenvalue weighted by molar-refractivity contribution is -0.216. The van der Waals surface area contributed by atoms with Gasteiger partial charge in [0.15, 0.2) is 0 Å². The molecule has 4 nitrogen and oxygen atoms in total. The monoisotopic (exact) mass is 1600 g/mol. The van der Waals surface area contributed by atoms with E-state index in [1.165, 1.54) is 178 Å². The van der Waals surface area contributed by atoms with Gasteiger partial charge in [0.05, 0.1) is 13.2 Å². The van der Waals surface area contributed by atoms with Gasteiger partial charge in [0.1, 0.15) is 0 Å². The van der Waals surface area contributed by atoms with Gasteiger partial charge in [-0.15, -0.1) is 13.2 Å². The Morgan fingerprint density at radius 2 is 0.603 bits per heavy atom. The molecular formula is C117H132O4. The standard InChI is InChI=1S/C30H26.C29H38O2.C29H34O2.C29H34/c1-19-7-13-26-27-14-8-20(2)16-29(27)30(3,28(26)15-19)25-6-4-5-22(18-25)24-12-10-21-9-11-23(21)17-24;1-5-7-9-17-30-19-15-29(16-20-31-18-10-8-6-2)27-21-23(3)11-13-25(27)26-14-12-24(4)22-28(26)29;1-5-7-9-11-13-19-30-29(31-20-14-12-10-8-6-2)27-21-23(3)15-17-25(27)26-18-16-24(4)22-28(26)29;1-5-7-9-11-13-19-29(20-14-12-10-8-6-2)27-21-23(3)15-17-25(27)26-18-16-24(4)22-28(26)29/h4-8,10,12-18H,9,11H2,1-3H3;5-6,11-14,21-22H,1-2,7-10,15-20H2,3-4H3;5-10,15-18,21-22H,1-2,11-14,19-20H2,3-4H3;5-10,15-18,21-22H,1-2,11-14,19-20H2,3-4H3/b;;9-7+,10-8+;. The number of unbranched alkanes of at least 4 members (excludes halogenated alkanes) is 6. The number of hydrogen-bond acceptors (Lipinski definition) is 4. The molecule has 0 saturated carbocycles. The molecule has 0 bridgehead atoms. The van der Waals surface area contributed by atoms with Crippen LogP contribution in [0.25, 0.3) is 55.6 Å². The normalized spacial score (nSPS) is 14.3. The van der Waals surface area contributed by atoms with E-state index in [1.807, 2.05) is 36.5 Å². The van der Waals surface area contributed by atoms with Crippen molar-refractivity contribution in [3.8, 4) is 55.6 Å². The third-order valence-corrected chi connectivity index (χ3v) is 25.5. The lowest BCUT2D eigenvalue weighted by Gasteiger charge is -2.33. The molecule has 10 aromatic rings. The van der Waals surface area contributed by atoms with Gasteiger partial charge >= 0.3 is 0 Å². The summed E-state index contributed by atoms with van der Waals surface area (Å²) in [5, 5.41) is 0. The largest absolute Gasteiger partial charge is 0.381 e. The first kappa shape index (κ1) is 89.7. The fourth-order valence-corrected chi connectivity index (χ4v) is 19.1. The Bertz CT molecular complexity index is 5140. The second-order valence-electron chi connectivity index (χ2n) is 34.4. The molecule has 4 heteroatoms. The average Bonchev–Trinajstić information content (AvgIpc) is 1.60. The number of fused-ring (bicyclic) bond motifs is 13. The highest BCUT2D eigenvalue weighted by molar-refractivity contribution is 5.86. The van der Waals surface area contributed by atoms with Gasteiger partial charge in [-0.1, -0.05) is 326 Å². The highest BCUT2D eigenvalue weighted by Crippen LogP contribution is 2.58. The van der Waals surface area contributed by atoms with Gasteiger partial charge in [0, 0.05) is 53.8 Å². The van der Waals surface area contributed by atoms with Crippen molar-refractivity contribution >= 4 is 0 Å². The molecule has 0 radical (unpaired) electrons. The summed E-state index contributed by atoms with van der Waals surface area (Å²) >= 11 is 0. The Hall–Kier alpha value is -10.6. The van der Waals surface area contributed by atoms with Crippen LogP contribution in [0, 0.1) is 55.4 Å². The van der Waals surface area contributed by atoms with Crippen LogP contribution >= 0.6 is 0 Å². The lowest BCUT2D eigenvalue weighted by atomic mass is 9.70. The van der Waals surface area contributed by atoms with Gasteiger partial charge in [0.25, 0.3) is 0 Å². The molecule has 0 spiro atoms. The molecule has 0 fully saturated rings. The van der Waals surface area contributed by atoms with Crippen LogP contribution in [0.1, 0.15) is 215 Å². The second kappa shape index (κ2) is 42.8. The van der Waals surface area contributed by atoms with Crippen LogP contribution in [-0.4, -0.2) is 39.6 Å². The van der Waals surface area contributed by atoms with Crippen LogP contribution in [0.2, 0.25) is 0 Å². The highest BCUT2D eigenvalue weighted by Gasteiger charge is 2.48. The molecule has 5 aliphatic carbocycles. The van der Waals surface area contributed by atoms with Crippen molar-refractivity contribution in [2.45, 2.75) is 200 Å². The molecule has 624 valence electrons. The maximum absolute atomic E-state index is 6.65. The fraction of sp³-hybridized carbons (Fsp3) is 0.316. The van der Waals surface area contributed by atoms with Crippen molar-refractivity contribution < 1.29 is 18.9 Å². The van der Waals surface area contributed by atoms with E-state index >= 15 is 0 Å². The van der Waals surface area contributed by atoms with Gasteiger partial charge in [-0.05, 0) is 302 Å². The van der Waals surface area contributed by atoms with Crippen molar-refractivity contribution in [1.29, 1.82) is 0 Å². The number of allylic oxidation sites excluding steroid dienone is 14. The quantitative estimate of drug-likeness (QED) is 0.0167. The molecule has 0 N–H and O–H groups in total. The number of aryl methyl sites for hydroxylation is 10. The summed E-state index contributed by atoms with van der Waals surface area (Å²) in [6.45, 7) is 46.9. The maximum Gasteiger partial charge on any atom is 0.223 e. The summed E-state index contributed by atoms with van der Waals surface area (Å²) in [5.74, 6) is -0.854. The van der Waals surface area contributed by atoms with E-state index in [4.69, 9.17) is 18.9 Å². The predicted octanol–water partition coefficient (Wildman–Crippen LogP) is 30.7. The third kappa shape index (κ3) is 20.6. The second-order valence-corrected chi connectivity index (χ2v) is 34.4. The van der Waals surface area contributed by atoms with E-state index in [0.717, 1.165) is 115 Å². The molecule has 121 heavy (non-hydrogen) atoms.